The highest BCUT2D eigenvalue weighted by Gasteiger charge is 2.56. The minimum absolute atomic E-state index is 0.285. The molecule has 1 aromatic heterocycles. The summed E-state index contributed by atoms with van der Waals surface area (Å²) in [5, 5.41) is 2.13. The molecule has 11 heteroatoms. The summed E-state index contributed by atoms with van der Waals surface area (Å²) in [6, 6.07) is 1.92. The van der Waals surface area contributed by atoms with Crippen LogP contribution in [-0.4, -0.2) is 45.4 Å². The Balaban J connectivity index is 2.24. The number of alkyl halides is 4. The first kappa shape index (κ1) is 21.9. The lowest BCUT2D eigenvalue weighted by atomic mass is 10.0. The van der Waals surface area contributed by atoms with Crippen LogP contribution < -0.4 is 4.90 Å². The van der Waals surface area contributed by atoms with Gasteiger partial charge < -0.3 is 4.74 Å². The molecule has 2 unspecified atom stereocenters. The minimum Gasteiger partial charge on any atom is -0.456 e. The highest BCUT2D eigenvalue weighted by Crippen LogP contribution is 2.36. The van der Waals surface area contributed by atoms with Crippen LogP contribution in [0.4, 0.5) is 9.39 Å². The maximum Gasteiger partial charge on any atom is 0.355 e. The fourth-order valence-corrected chi connectivity index (χ4v) is 3.53. The number of likely N-dealkylation sites (tertiary alicyclic amines) is 1. The monoisotopic (exact) mass is 456 g/mol. The number of hydrogen-bond acceptors (Lipinski definition) is 5. The van der Waals surface area contributed by atoms with Crippen molar-refractivity contribution in [1.29, 1.82) is 0 Å². The third kappa shape index (κ3) is 4.74. The second kappa shape index (κ2) is 8.34. The number of anilines is 1. The summed E-state index contributed by atoms with van der Waals surface area (Å²) < 4.78 is 18.0. The van der Waals surface area contributed by atoms with Gasteiger partial charge in [0.25, 0.3) is 5.91 Å². The molecule has 1 aliphatic rings. The number of esters is 1. The average molecular weight is 458 g/mol. The molecule has 2 heterocycles. The quantitative estimate of drug-likeness (QED) is 0.222. The van der Waals surface area contributed by atoms with Crippen LogP contribution in [-0.2, 0) is 19.1 Å². The number of carbonyl (C=O) groups is 3. The minimum atomic E-state index is -1.92. The van der Waals surface area contributed by atoms with Crippen LogP contribution in [0.25, 0.3) is 0 Å². The molecule has 148 valence electrons. The molecule has 0 aliphatic carbocycles. The highest BCUT2D eigenvalue weighted by atomic mass is 35.6. The van der Waals surface area contributed by atoms with Crippen molar-refractivity contribution in [3.8, 4) is 0 Å². The van der Waals surface area contributed by atoms with Gasteiger partial charge in [0.1, 0.15) is 12.3 Å². The third-order valence-corrected chi connectivity index (χ3v) is 4.83. The van der Waals surface area contributed by atoms with E-state index in [2.05, 4.69) is 0 Å². The van der Waals surface area contributed by atoms with Crippen LogP contribution in [0.5, 0.6) is 0 Å². The Morgan fingerprint density at radius 2 is 1.96 bits per heavy atom. The molecule has 27 heavy (non-hydrogen) atoms. The zero-order valence-corrected chi connectivity index (χ0v) is 17.6. The fourth-order valence-electron chi connectivity index (χ4n) is 2.56. The molecule has 0 radical (unpaired) electrons. The van der Waals surface area contributed by atoms with Gasteiger partial charge >= 0.3 is 5.97 Å². The van der Waals surface area contributed by atoms with Gasteiger partial charge in [-0.2, -0.15) is 0 Å². The van der Waals surface area contributed by atoms with E-state index >= 15 is 0 Å². The Kier molecular flexibility index (Phi) is 6.78. The smallest absolute Gasteiger partial charge is 0.355 e. The van der Waals surface area contributed by atoms with Crippen molar-refractivity contribution in [3.05, 3.63) is 28.8 Å². The SMILES string of the molecule is CC(=O)N(c1cccs1)C1C(=O)N(C(C(=O)OCC(Cl)(Cl)Cl)=C(C)C)C1F. The largest absolute Gasteiger partial charge is 0.456 e. The van der Waals surface area contributed by atoms with Crippen molar-refractivity contribution in [2.75, 3.05) is 11.5 Å². The van der Waals surface area contributed by atoms with Crippen molar-refractivity contribution in [2.24, 2.45) is 0 Å². The van der Waals surface area contributed by atoms with Gasteiger partial charge in [0.05, 0.1) is 5.00 Å². The number of allylic oxidation sites excluding steroid dienone is 1. The number of thiophene rings is 1. The van der Waals surface area contributed by atoms with Gasteiger partial charge in [-0.3, -0.25) is 19.4 Å². The highest BCUT2D eigenvalue weighted by molar-refractivity contribution is 7.14. The first-order chi connectivity index (χ1) is 12.5. The molecule has 2 rings (SSSR count). The Morgan fingerprint density at radius 3 is 2.37 bits per heavy atom. The summed E-state index contributed by atoms with van der Waals surface area (Å²) in [6.45, 7) is 3.70. The van der Waals surface area contributed by atoms with Crippen molar-refractivity contribution in [3.63, 3.8) is 0 Å². The van der Waals surface area contributed by atoms with Gasteiger partial charge in [-0.1, -0.05) is 34.8 Å². The van der Waals surface area contributed by atoms with Gasteiger partial charge in [0.15, 0.2) is 6.04 Å². The average Bonchev–Trinajstić information content (AvgIpc) is 3.07. The first-order valence-electron chi connectivity index (χ1n) is 7.67. The number of nitrogens with zero attached hydrogens (tertiary/aromatic N) is 2. The summed E-state index contributed by atoms with van der Waals surface area (Å²) in [4.78, 5) is 38.6. The predicted molar refractivity (Wildman–Crippen MR) is 103 cm³/mol. The van der Waals surface area contributed by atoms with Crippen molar-refractivity contribution < 1.29 is 23.5 Å². The second-order valence-electron chi connectivity index (χ2n) is 5.91. The molecule has 1 saturated heterocycles. The number of hydrogen-bond donors (Lipinski definition) is 0. The molecule has 1 aromatic rings. The van der Waals surface area contributed by atoms with E-state index in [4.69, 9.17) is 39.5 Å². The van der Waals surface area contributed by atoms with E-state index in [0.29, 0.717) is 15.5 Å². The molecule has 2 atom stereocenters. The molecule has 6 nitrogen and oxygen atoms in total. The third-order valence-electron chi connectivity index (χ3n) is 3.63. The van der Waals surface area contributed by atoms with Crippen LogP contribution >= 0.6 is 46.1 Å². The molecule has 2 amide bonds. The van der Waals surface area contributed by atoms with Crippen LogP contribution in [0.15, 0.2) is 28.8 Å². The molecule has 0 aromatic carbocycles. The summed E-state index contributed by atoms with van der Waals surface area (Å²) in [5.41, 5.74) is 0.0527. The fraction of sp³-hybridized carbons (Fsp3) is 0.438. The standard InChI is InChI=1S/C16H16Cl3FN2O4S/c1-8(2)11(15(25)26-7-16(17,18)19)22-13(20)12(14(22)24)21(9(3)23)10-5-4-6-27-10/h4-6,12-13H,7H2,1-3H3. The van der Waals surface area contributed by atoms with Gasteiger partial charge in [-0.05, 0) is 36.9 Å². The number of carbonyl (C=O) groups excluding carboxylic acids is 3. The molecular formula is C16H16Cl3FN2O4S. The van der Waals surface area contributed by atoms with Crippen molar-refractivity contribution in [2.45, 2.75) is 36.9 Å². The molecular weight excluding hydrogens is 442 g/mol. The number of rotatable bonds is 5. The van der Waals surface area contributed by atoms with E-state index in [1.54, 1.807) is 17.5 Å². The van der Waals surface area contributed by atoms with Gasteiger partial charge in [-0.25, -0.2) is 9.18 Å². The summed E-state index contributed by atoms with van der Waals surface area (Å²) in [5.74, 6) is -2.23. The second-order valence-corrected chi connectivity index (χ2v) is 9.35. The Morgan fingerprint density at radius 1 is 1.33 bits per heavy atom. The topological polar surface area (TPSA) is 66.9 Å². The van der Waals surface area contributed by atoms with Crippen LogP contribution in [0.2, 0.25) is 0 Å². The molecule has 0 spiro atoms. The summed E-state index contributed by atoms with van der Waals surface area (Å²) in [7, 11) is 0. The Hall–Kier alpha value is -1.35. The zero-order valence-electron chi connectivity index (χ0n) is 14.5. The van der Waals surface area contributed by atoms with E-state index < -0.39 is 40.5 Å². The van der Waals surface area contributed by atoms with E-state index in [-0.39, 0.29) is 5.70 Å². The number of amides is 2. The van der Waals surface area contributed by atoms with Gasteiger partial charge in [0, 0.05) is 6.92 Å². The number of halogens is 4. The maximum atomic E-state index is 14.9. The van der Waals surface area contributed by atoms with Crippen LogP contribution in [0, 0.1) is 0 Å². The lowest BCUT2D eigenvalue weighted by Crippen LogP contribution is -2.70. The van der Waals surface area contributed by atoms with E-state index in [1.165, 1.54) is 32.1 Å². The van der Waals surface area contributed by atoms with E-state index in [1.807, 2.05) is 0 Å². The molecule has 0 N–H and O–H groups in total. The van der Waals surface area contributed by atoms with Crippen LogP contribution in [0.3, 0.4) is 0 Å². The molecule has 0 bridgehead atoms. The Labute approximate surface area is 174 Å². The normalized spacial score (nSPS) is 19.4. The van der Waals surface area contributed by atoms with Crippen molar-refractivity contribution >= 4 is 68.9 Å². The predicted octanol–water partition coefficient (Wildman–Crippen LogP) is 3.81. The summed E-state index contributed by atoms with van der Waals surface area (Å²) >= 11 is 17.8. The van der Waals surface area contributed by atoms with Crippen molar-refractivity contribution in [1.82, 2.24) is 4.90 Å². The lowest BCUT2D eigenvalue weighted by Gasteiger charge is -2.46. The van der Waals surface area contributed by atoms with E-state index in [9.17, 15) is 18.8 Å². The van der Waals surface area contributed by atoms with Gasteiger partial charge in [-0.15, -0.1) is 11.3 Å². The molecule has 0 saturated carbocycles. The first-order valence-corrected chi connectivity index (χ1v) is 9.69. The van der Waals surface area contributed by atoms with E-state index in [0.717, 1.165) is 4.90 Å². The summed E-state index contributed by atoms with van der Waals surface area (Å²) in [6.07, 6.45) is -1.92. The number of β-lactam (4-membered cyclic amide) rings is 1. The Bertz CT molecular complexity index is 775. The lowest BCUT2D eigenvalue weighted by molar-refractivity contribution is -0.162. The zero-order chi connectivity index (χ0) is 20.5. The number of ether oxygens (including phenoxy) is 1. The van der Waals surface area contributed by atoms with Crippen LogP contribution in [0.1, 0.15) is 20.8 Å². The van der Waals surface area contributed by atoms with Gasteiger partial charge in [0.2, 0.25) is 16.0 Å². The maximum absolute atomic E-state index is 14.9. The molecule has 1 aliphatic heterocycles. The molecule has 1 fully saturated rings.